The molecule has 4 heterocycles. The van der Waals surface area contributed by atoms with Gasteiger partial charge in [-0.3, -0.25) is 9.78 Å². The summed E-state index contributed by atoms with van der Waals surface area (Å²) < 4.78 is 15.0. The monoisotopic (exact) mass is 470 g/mol. The van der Waals surface area contributed by atoms with Crippen molar-refractivity contribution in [3.63, 3.8) is 0 Å². The SMILES string of the molecule is Cc1cnc(-n2ncc(C(=O)NCc3ccccn3)c2-c2cccs2)nc1-c1ccc(F)cc1. The molecule has 0 bridgehead atoms. The number of carbonyl (C=O) groups excluding carboxylic acids is 1. The second-order valence-corrected chi connectivity index (χ2v) is 8.46. The predicted molar refractivity (Wildman–Crippen MR) is 128 cm³/mol. The molecule has 0 aliphatic carbocycles. The molecule has 5 rings (SSSR count). The fourth-order valence-electron chi connectivity index (χ4n) is 3.52. The molecule has 0 atom stereocenters. The molecular formula is C25H19FN6OS. The van der Waals surface area contributed by atoms with Gasteiger partial charge in [-0.25, -0.2) is 14.4 Å². The summed E-state index contributed by atoms with van der Waals surface area (Å²) in [5, 5.41) is 9.30. The summed E-state index contributed by atoms with van der Waals surface area (Å²) in [4.78, 5) is 27.4. The number of amides is 1. The maximum absolute atomic E-state index is 13.4. The molecule has 1 aromatic carbocycles. The second-order valence-electron chi connectivity index (χ2n) is 7.51. The second kappa shape index (κ2) is 9.32. The summed E-state index contributed by atoms with van der Waals surface area (Å²) in [5.41, 5.74) is 4.04. The highest BCUT2D eigenvalue weighted by Crippen LogP contribution is 2.30. The molecule has 0 saturated carbocycles. The molecular weight excluding hydrogens is 451 g/mol. The minimum atomic E-state index is -0.316. The van der Waals surface area contributed by atoms with Gasteiger partial charge in [-0.1, -0.05) is 12.1 Å². The van der Waals surface area contributed by atoms with E-state index in [1.165, 1.54) is 29.7 Å². The van der Waals surface area contributed by atoms with Crippen molar-refractivity contribution in [2.24, 2.45) is 0 Å². The maximum Gasteiger partial charge on any atom is 0.255 e. The number of hydrogen-bond donors (Lipinski definition) is 1. The first-order valence-electron chi connectivity index (χ1n) is 10.5. The number of benzene rings is 1. The van der Waals surface area contributed by atoms with Crippen molar-refractivity contribution >= 4 is 17.2 Å². The first kappa shape index (κ1) is 21.6. The van der Waals surface area contributed by atoms with Crippen LogP contribution in [0.2, 0.25) is 0 Å². The van der Waals surface area contributed by atoms with Crippen LogP contribution in [0.3, 0.4) is 0 Å². The molecule has 5 aromatic rings. The van der Waals surface area contributed by atoms with Gasteiger partial charge < -0.3 is 5.32 Å². The molecule has 0 spiro atoms. The van der Waals surface area contributed by atoms with Crippen LogP contribution < -0.4 is 5.32 Å². The summed E-state index contributed by atoms with van der Waals surface area (Å²) in [5.74, 6) is -0.271. The molecule has 0 aliphatic rings. The molecule has 9 heteroatoms. The average Bonchev–Trinajstić information content (AvgIpc) is 3.54. The Morgan fingerprint density at radius 2 is 1.91 bits per heavy atom. The van der Waals surface area contributed by atoms with Crippen LogP contribution in [0.4, 0.5) is 4.39 Å². The molecule has 0 radical (unpaired) electrons. The van der Waals surface area contributed by atoms with E-state index < -0.39 is 0 Å². The number of rotatable bonds is 6. The predicted octanol–water partition coefficient (Wildman–Crippen LogP) is 4.83. The van der Waals surface area contributed by atoms with E-state index in [-0.39, 0.29) is 11.7 Å². The van der Waals surface area contributed by atoms with Crippen molar-refractivity contribution in [2.45, 2.75) is 13.5 Å². The van der Waals surface area contributed by atoms with Crippen LogP contribution in [0.15, 0.2) is 78.6 Å². The van der Waals surface area contributed by atoms with Crippen LogP contribution in [0.25, 0.3) is 27.8 Å². The van der Waals surface area contributed by atoms with E-state index in [4.69, 9.17) is 4.98 Å². The van der Waals surface area contributed by atoms with E-state index in [0.29, 0.717) is 29.4 Å². The molecule has 0 unspecified atom stereocenters. The van der Waals surface area contributed by atoms with Gasteiger partial charge in [0.1, 0.15) is 11.5 Å². The van der Waals surface area contributed by atoms with Gasteiger partial charge in [0.05, 0.1) is 34.6 Å². The number of nitrogens with one attached hydrogen (secondary N) is 1. The van der Waals surface area contributed by atoms with Crippen LogP contribution >= 0.6 is 11.3 Å². The van der Waals surface area contributed by atoms with E-state index in [9.17, 15) is 9.18 Å². The number of carbonyl (C=O) groups is 1. The third kappa shape index (κ3) is 4.33. The van der Waals surface area contributed by atoms with Crippen molar-refractivity contribution in [1.82, 2.24) is 30.0 Å². The van der Waals surface area contributed by atoms with Gasteiger partial charge in [0.15, 0.2) is 0 Å². The van der Waals surface area contributed by atoms with E-state index in [1.54, 1.807) is 29.2 Å². The molecule has 34 heavy (non-hydrogen) atoms. The van der Waals surface area contributed by atoms with Crippen LogP contribution in [-0.4, -0.2) is 30.6 Å². The lowest BCUT2D eigenvalue weighted by molar-refractivity contribution is 0.0951. The van der Waals surface area contributed by atoms with Gasteiger partial charge in [-0.15, -0.1) is 11.3 Å². The van der Waals surface area contributed by atoms with Crippen LogP contribution in [0, 0.1) is 12.7 Å². The minimum absolute atomic E-state index is 0.272. The molecule has 0 fully saturated rings. The average molecular weight is 471 g/mol. The Balaban J connectivity index is 1.54. The zero-order chi connectivity index (χ0) is 23.5. The Bertz CT molecular complexity index is 1430. The van der Waals surface area contributed by atoms with Gasteiger partial charge in [-0.05, 0) is 60.3 Å². The largest absolute Gasteiger partial charge is 0.346 e. The number of hydrogen-bond acceptors (Lipinski definition) is 6. The van der Waals surface area contributed by atoms with Crippen molar-refractivity contribution in [3.8, 4) is 27.8 Å². The zero-order valence-corrected chi connectivity index (χ0v) is 19.0. The Hall–Kier alpha value is -4.24. The number of aromatic nitrogens is 5. The number of pyridine rings is 1. The van der Waals surface area contributed by atoms with Crippen molar-refractivity contribution in [2.75, 3.05) is 0 Å². The third-order valence-electron chi connectivity index (χ3n) is 5.19. The topological polar surface area (TPSA) is 85.6 Å². The van der Waals surface area contributed by atoms with Crippen molar-refractivity contribution < 1.29 is 9.18 Å². The fraction of sp³-hybridized carbons (Fsp3) is 0.0800. The van der Waals surface area contributed by atoms with E-state index >= 15 is 0 Å². The van der Waals surface area contributed by atoms with Crippen molar-refractivity contribution in [3.05, 3.63) is 101 Å². The summed E-state index contributed by atoms with van der Waals surface area (Å²) in [6.07, 6.45) is 4.90. The number of nitrogens with zero attached hydrogens (tertiary/aromatic N) is 5. The van der Waals surface area contributed by atoms with E-state index in [0.717, 1.165) is 21.7 Å². The van der Waals surface area contributed by atoms with Crippen LogP contribution in [0.1, 0.15) is 21.6 Å². The first-order valence-corrected chi connectivity index (χ1v) is 11.4. The van der Waals surface area contributed by atoms with Gasteiger partial charge in [-0.2, -0.15) is 9.78 Å². The molecule has 7 nitrogen and oxygen atoms in total. The highest BCUT2D eigenvalue weighted by Gasteiger charge is 2.22. The quantitative estimate of drug-likeness (QED) is 0.384. The van der Waals surface area contributed by atoms with E-state index in [2.05, 4.69) is 20.4 Å². The zero-order valence-electron chi connectivity index (χ0n) is 18.1. The lowest BCUT2D eigenvalue weighted by Crippen LogP contribution is -2.23. The minimum Gasteiger partial charge on any atom is -0.346 e. The number of aryl methyl sites for hydroxylation is 1. The molecule has 168 valence electrons. The van der Waals surface area contributed by atoms with Crippen molar-refractivity contribution in [1.29, 1.82) is 0 Å². The summed E-state index contributed by atoms with van der Waals surface area (Å²) in [6, 6.07) is 15.5. The third-order valence-corrected chi connectivity index (χ3v) is 6.07. The lowest BCUT2D eigenvalue weighted by atomic mass is 10.1. The fourth-order valence-corrected chi connectivity index (χ4v) is 4.29. The molecule has 1 N–H and O–H groups in total. The van der Waals surface area contributed by atoms with Crippen LogP contribution in [-0.2, 0) is 6.54 Å². The van der Waals surface area contributed by atoms with Gasteiger partial charge in [0.2, 0.25) is 0 Å². The maximum atomic E-state index is 13.4. The number of thiophene rings is 1. The molecule has 4 aromatic heterocycles. The molecule has 1 amide bonds. The smallest absolute Gasteiger partial charge is 0.255 e. The highest BCUT2D eigenvalue weighted by molar-refractivity contribution is 7.13. The van der Waals surface area contributed by atoms with Gasteiger partial charge in [0, 0.05) is 18.0 Å². The standard InChI is InChI=1S/C25H19FN6OS/c1-16-13-29-25(31-22(16)17-7-9-18(26)10-8-17)32-23(21-6-4-12-34-21)20(15-30-32)24(33)28-14-19-5-2-3-11-27-19/h2-13,15H,14H2,1H3,(H,28,33). The van der Waals surface area contributed by atoms with Crippen LogP contribution in [0.5, 0.6) is 0 Å². The Kier molecular flexibility index (Phi) is 5.92. The lowest BCUT2D eigenvalue weighted by Gasteiger charge is -2.10. The van der Waals surface area contributed by atoms with E-state index in [1.807, 2.05) is 42.6 Å². The number of halogens is 1. The highest BCUT2D eigenvalue weighted by atomic mass is 32.1. The molecule has 0 saturated heterocycles. The molecule has 0 aliphatic heterocycles. The van der Waals surface area contributed by atoms with Gasteiger partial charge >= 0.3 is 0 Å². The Morgan fingerprint density at radius 3 is 2.65 bits per heavy atom. The normalized spacial score (nSPS) is 10.9. The Labute approximate surface area is 199 Å². The summed E-state index contributed by atoms with van der Waals surface area (Å²) in [7, 11) is 0. The van der Waals surface area contributed by atoms with Gasteiger partial charge in [0.25, 0.3) is 11.9 Å². The Morgan fingerprint density at radius 1 is 1.06 bits per heavy atom. The summed E-state index contributed by atoms with van der Waals surface area (Å²) in [6.45, 7) is 2.19. The first-order chi connectivity index (χ1) is 16.6. The summed E-state index contributed by atoms with van der Waals surface area (Å²) >= 11 is 1.49.